The number of nitrogens with zero attached hydrogens (tertiary/aromatic N) is 2. The lowest BCUT2D eigenvalue weighted by Crippen LogP contribution is -2.39. The van der Waals surface area contributed by atoms with Crippen molar-refractivity contribution in [3.8, 4) is 11.5 Å². The number of hydrogen-bond acceptors (Lipinski definition) is 6. The van der Waals surface area contributed by atoms with Crippen molar-refractivity contribution in [1.29, 1.82) is 0 Å². The van der Waals surface area contributed by atoms with E-state index >= 15 is 0 Å². The van der Waals surface area contributed by atoms with Gasteiger partial charge < -0.3 is 14.6 Å². The summed E-state index contributed by atoms with van der Waals surface area (Å²) in [5, 5.41) is 9.83. The zero-order valence-electron chi connectivity index (χ0n) is 19.6. The van der Waals surface area contributed by atoms with Gasteiger partial charge in [0.2, 0.25) is 10.0 Å². The van der Waals surface area contributed by atoms with Gasteiger partial charge in [0.05, 0.1) is 25.6 Å². The summed E-state index contributed by atoms with van der Waals surface area (Å²) < 4.78 is 40.1. The number of rotatable bonds is 10. The number of aryl methyl sites for hydroxylation is 1. The van der Waals surface area contributed by atoms with Gasteiger partial charge in [-0.3, -0.25) is 4.98 Å². The molecule has 0 aliphatic rings. The lowest BCUT2D eigenvalue weighted by molar-refractivity contribution is 0.167. The number of pyridine rings is 1. The molecule has 0 amide bonds. The lowest BCUT2D eigenvalue weighted by Gasteiger charge is -2.28. The van der Waals surface area contributed by atoms with Crippen molar-refractivity contribution >= 4 is 26.0 Å². The maximum absolute atomic E-state index is 13.7. The molecule has 1 N–H and O–H groups in total. The van der Waals surface area contributed by atoms with Gasteiger partial charge in [-0.2, -0.15) is 4.31 Å². The van der Waals surface area contributed by atoms with Crippen molar-refractivity contribution in [3.05, 3.63) is 87.7 Å². The minimum atomic E-state index is -3.93. The Morgan fingerprint density at radius 1 is 0.912 bits per heavy atom. The second kappa shape index (κ2) is 11.3. The van der Waals surface area contributed by atoms with Crippen molar-refractivity contribution in [2.75, 3.05) is 14.2 Å². The minimum absolute atomic E-state index is 0.141. The highest BCUT2D eigenvalue weighted by Gasteiger charge is 2.35. The van der Waals surface area contributed by atoms with Crippen LogP contribution in [0.3, 0.4) is 0 Å². The Kier molecular flexibility index (Phi) is 8.70. The molecule has 2 atom stereocenters. The van der Waals surface area contributed by atoms with Gasteiger partial charge in [0.15, 0.2) is 0 Å². The van der Waals surface area contributed by atoms with E-state index in [9.17, 15) is 13.5 Å². The normalized spacial score (nSPS) is 13.5. The number of benzene rings is 2. The molecular formula is C25H29BrN2O5S. The van der Waals surface area contributed by atoms with Gasteiger partial charge in [-0.05, 0) is 77.3 Å². The summed E-state index contributed by atoms with van der Waals surface area (Å²) >= 11 is 3.38. The highest BCUT2D eigenvalue weighted by molar-refractivity contribution is 9.10. The van der Waals surface area contributed by atoms with Crippen LogP contribution in [0.4, 0.5) is 0 Å². The highest BCUT2D eigenvalue weighted by Crippen LogP contribution is 2.28. The average Bonchev–Trinajstić information content (AvgIpc) is 2.85. The van der Waals surface area contributed by atoms with Crippen LogP contribution in [0.2, 0.25) is 0 Å². The largest absolute Gasteiger partial charge is 0.497 e. The average molecular weight is 549 g/mol. The monoisotopic (exact) mass is 548 g/mol. The van der Waals surface area contributed by atoms with E-state index in [-0.39, 0.29) is 13.1 Å². The van der Waals surface area contributed by atoms with E-state index in [1.807, 2.05) is 24.3 Å². The van der Waals surface area contributed by atoms with Gasteiger partial charge in [0.25, 0.3) is 0 Å². The molecule has 9 heteroatoms. The smallest absolute Gasteiger partial charge is 0.220 e. The molecule has 3 aromatic rings. The number of aromatic nitrogens is 1. The molecule has 0 radical (unpaired) electrons. The first-order valence-electron chi connectivity index (χ1n) is 10.7. The van der Waals surface area contributed by atoms with Crippen LogP contribution in [-0.2, 0) is 23.1 Å². The van der Waals surface area contributed by atoms with Crippen LogP contribution >= 0.6 is 15.9 Å². The van der Waals surface area contributed by atoms with Crippen LogP contribution in [0, 0.1) is 6.92 Å². The summed E-state index contributed by atoms with van der Waals surface area (Å²) in [4.78, 5) is 4.37. The van der Waals surface area contributed by atoms with Crippen molar-refractivity contribution in [3.63, 3.8) is 0 Å². The van der Waals surface area contributed by atoms with E-state index in [2.05, 4.69) is 20.9 Å². The topological polar surface area (TPSA) is 89.0 Å². The number of sulfonamides is 1. The van der Waals surface area contributed by atoms with Gasteiger partial charge in [0, 0.05) is 17.6 Å². The van der Waals surface area contributed by atoms with E-state index < -0.39 is 21.4 Å². The molecule has 1 aromatic heterocycles. The molecule has 0 aliphatic heterocycles. The third-order valence-corrected chi connectivity index (χ3v) is 8.67. The van der Waals surface area contributed by atoms with Crippen molar-refractivity contribution in [2.45, 2.75) is 38.3 Å². The first-order valence-corrected chi connectivity index (χ1v) is 13.0. The zero-order chi connectivity index (χ0) is 24.9. The molecular weight excluding hydrogens is 520 g/mol. The Morgan fingerprint density at radius 3 is 1.79 bits per heavy atom. The maximum atomic E-state index is 13.7. The quantitative estimate of drug-likeness (QED) is 0.397. The molecule has 0 saturated carbocycles. The standard InChI is InChI=1S/C25H29BrN2O5S/c1-17-23(26)13-14-24(27-17)25(29)18(2)34(30,31)28(15-19-5-9-21(32-3)10-6-19)16-20-7-11-22(33-4)12-8-20/h5-14,18,25,29H,15-16H2,1-4H3/t18-,25+/m1/s1. The van der Waals surface area contributed by atoms with Crippen LogP contribution in [0.1, 0.15) is 35.5 Å². The van der Waals surface area contributed by atoms with E-state index in [1.54, 1.807) is 57.5 Å². The number of methoxy groups -OCH3 is 2. The Hall–Kier alpha value is -2.46. The van der Waals surface area contributed by atoms with E-state index in [0.717, 1.165) is 15.6 Å². The summed E-state index contributed by atoms with van der Waals surface area (Å²) in [6.07, 6.45) is -1.29. The highest BCUT2D eigenvalue weighted by atomic mass is 79.9. The molecule has 0 saturated heterocycles. The summed E-state index contributed by atoms with van der Waals surface area (Å²) in [6, 6.07) is 17.9. The Labute approximate surface area is 209 Å². The molecule has 0 unspecified atom stereocenters. The van der Waals surface area contributed by atoms with Crippen LogP contribution in [0.15, 0.2) is 65.1 Å². The van der Waals surface area contributed by atoms with Crippen molar-refractivity contribution < 1.29 is 23.0 Å². The Morgan fingerprint density at radius 2 is 1.38 bits per heavy atom. The fourth-order valence-electron chi connectivity index (χ4n) is 3.47. The number of halogens is 1. The number of aliphatic hydroxyl groups is 1. The van der Waals surface area contributed by atoms with Crippen LogP contribution in [0.25, 0.3) is 0 Å². The molecule has 182 valence electrons. The fraction of sp³-hybridized carbons (Fsp3) is 0.320. The molecule has 0 spiro atoms. The van der Waals surface area contributed by atoms with Gasteiger partial charge in [-0.1, -0.05) is 24.3 Å². The fourth-order valence-corrected chi connectivity index (χ4v) is 5.29. The summed E-state index contributed by atoms with van der Waals surface area (Å²) in [6.45, 7) is 3.58. The number of hydrogen-bond donors (Lipinski definition) is 1. The predicted molar refractivity (Wildman–Crippen MR) is 135 cm³/mol. The molecule has 1 heterocycles. The zero-order valence-corrected chi connectivity index (χ0v) is 22.0. The SMILES string of the molecule is COc1ccc(CN(Cc2ccc(OC)cc2)S(=O)(=O)[C@H](C)[C@H](O)c2ccc(Br)c(C)n2)cc1. The van der Waals surface area contributed by atoms with Crippen molar-refractivity contribution in [2.24, 2.45) is 0 Å². The first-order chi connectivity index (χ1) is 16.1. The maximum Gasteiger partial charge on any atom is 0.220 e. The molecule has 34 heavy (non-hydrogen) atoms. The molecule has 2 aromatic carbocycles. The predicted octanol–water partition coefficient (Wildman–Crippen LogP) is 4.62. The van der Waals surface area contributed by atoms with Crippen LogP contribution in [0.5, 0.6) is 11.5 Å². The Bertz CT molecular complexity index is 1150. The van der Waals surface area contributed by atoms with Crippen LogP contribution in [-0.4, -0.2) is 42.3 Å². The molecule has 0 aliphatic carbocycles. The van der Waals surface area contributed by atoms with Crippen LogP contribution < -0.4 is 9.47 Å². The van der Waals surface area contributed by atoms with Crippen molar-refractivity contribution in [1.82, 2.24) is 9.29 Å². The number of aliphatic hydroxyl groups excluding tert-OH is 1. The Balaban J connectivity index is 1.92. The van der Waals surface area contributed by atoms with E-state index in [4.69, 9.17) is 9.47 Å². The second-order valence-corrected chi connectivity index (χ2v) is 11.1. The van der Waals surface area contributed by atoms with E-state index in [0.29, 0.717) is 22.9 Å². The second-order valence-electron chi connectivity index (χ2n) is 7.96. The molecule has 7 nitrogen and oxygen atoms in total. The van der Waals surface area contributed by atoms with Gasteiger partial charge in [0.1, 0.15) is 22.9 Å². The van der Waals surface area contributed by atoms with Gasteiger partial charge in [-0.25, -0.2) is 8.42 Å². The molecule has 0 fully saturated rings. The van der Waals surface area contributed by atoms with E-state index in [1.165, 1.54) is 11.2 Å². The van der Waals surface area contributed by atoms with Gasteiger partial charge >= 0.3 is 0 Å². The summed E-state index contributed by atoms with van der Waals surface area (Å²) in [5.74, 6) is 1.38. The summed E-state index contributed by atoms with van der Waals surface area (Å²) in [5.41, 5.74) is 2.59. The molecule has 0 bridgehead atoms. The third kappa shape index (κ3) is 6.15. The summed E-state index contributed by atoms with van der Waals surface area (Å²) in [7, 11) is -0.771. The lowest BCUT2D eigenvalue weighted by atomic mass is 10.1. The minimum Gasteiger partial charge on any atom is -0.497 e. The van der Waals surface area contributed by atoms with Gasteiger partial charge in [-0.15, -0.1) is 0 Å². The number of ether oxygens (including phenoxy) is 2. The first kappa shape index (κ1) is 26.2. The molecule has 3 rings (SSSR count). The third-order valence-electron chi connectivity index (χ3n) is 5.66.